The Labute approximate surface area is 103 Å². The van der Waals surface area contributed by atoms with Crippen molar-refractivity contribution in [3.63, 3.8) is 0 Å². The van der Waals surface area contributed by atoms with Crippen LogP contribution < -0.4 is 5.73 Å². The molecule has 0 aliphatic heterocycles. The minimum atomic E-state index is -0.960. The van der Waals surface area contributed by atoms with Crippen LogP contribution in [-0.4, -0.2) is 11.1 Å². The van der Waals surface area contributed by atoms with Crippen LogP contribution in [-0.2, 0) is 0 Å². The molecule has 0 fully saturated rings. The van der Waals surface area contributed by atoms with Crippen molar-refractivity contribution >= 4 is 23.3 Å². The Balaban J connectivity index is 2.53. The Hall–Kier alpha value is -2.00. The van der Waals surface area contributed by atoms with E-state index in [1.54, 1.807) is 30.3 Å². The first kappa shape index (κ1) is 11.5. The number of hydrogen-bond acceptors (Lipinski definition) is 2. The summed E-state index contributed by atoms with van der Waals surface area (Å²) in [7, 11) is 0. The second-order valence-electron chi connectivity index (χ2n) is 3.63. The zero-order valence-electron chi connectivity index (χ0n) is 8.85. The normalized spacial score (nSPS) is 10.2. The van der Waals surface area contributed by atoms with E-state index in [2.05, 4.69) is 0 Å². The van der Waals surface area contributed by atoms with Crippen LogP contribution in [0.5, 0.6) is 0 Å². The van der Waals surface area contributed by atoms with Gasteiger partial charge in [-0.2, -0.15) is 0 Å². The van der Waals surface area contributed by atoms with Gasteiger partial charge in [0.15, 0.2) is 0 Å². The predicted octanol–water partition coefficient (Wildman–Crippen LogP) is 3.29. The van der Waals surface area contributed by atoms with Gasteiger partial charge in [-0.3, -0.25) is 0 Å². The summed E-state index contributed by atoms with van der Waals surface area (Å²) < 4.78 is 0. The summed E-state index contributed by atoms with van der Waals surface area (Å²) in [5.74, 6) is -0.960. The maximum atomic E-state index is 10.9. The van der Waals surface area contributed by atoms with Gasteiger partial charge in [-0.25, -0.2) is 4.79 Å². The average Bonchev–Trinajstić information content (AvgIpc) is 2.29. The highest BCUT2D eigenvalue weighted by Gasteiger charge is 2.07. The fourth-order valence-corrected chi connectivity index (χ4v) is 1.88. The molecule has 0 aliphatic carbocycles. The number of carboxylic acid groups (broad SMARTS) is 1. The third-order valence-electron chi connectivity index (χ3n) is 2.41. The predicted molar refractivity (Wildman–Crippen MR) is 68.3 cm³/mol. The van der Waals surface area contributed by atoms with E-state index in [0.29, 0.717) is 10.7 Å². The Bertz CT molecular complexity index is 581. The highest BCUT2D eigenvalue weighted by molar-refractivity contribution is 6.33. The Morgan fingerprint density at radius 2 is 1.94 bits per heavy atom. The van der Waals surface area contributed by atoms with Crippen LogP contribution in [0.15, 0.2) is 42.5 Å². The van der Waals surface area contributed by atoms with Gasteiger partial charge in [-0.15, -0.1) is 0 Å². The molecule has 0 bridgehead atoms. The molecule has 0 radical (unpaired) electrons. The zero-order chi connectivity index (χ0) is 12.4. The van der Waals surface area contributed by atoms with Crippen molar-refractivity contribution in [2.45, 2.75) is 0 Å². The van der Waals surface area contributed by atoms with E-state index in [4.69, 9.17) is 22.4 Å². The highest BCUT2D eigenvalue weighted by atomic mass is 35.5. The number of nitrogen functional groups attached to an aromatic ring is 1. The highest BCUT2D eigenvalue weighted by Crippen LogP contribution is 2.29. The topological polar surface area (TPSA) is 63.3 Å². The molecule has 2 rings (SSSR count). The van der Waals surface area contributed by atoms with Crippen LogP contribution in [0.4, 0.5) is 5.69 Å². The smallest absolute Gasteiger partial charge is 0.335 e. The molecule has 3 nitrogen and oxygen atoms in total. The third-order valence-corrected chi connectivity index (χ3v) is 2.73. The monoisotopic (exact) mass is 247 g/mol. The van der Waals surface area contributed by atoms with Crippen LogP contribution in [0.2, 0.25) is 5.02 Å². The van der Waals surface area contributed by atoms with Crippen LogP contribution in [0.25, 0.3) is 11.1 Å². The average molecular weight is 248 g/mol. The number of nitrogens with two attached hydrogens (primary N) is 1. The molecule has 0 unspecified atom stereocenters. The largest absolute Gasteiger partial charge is 0.478 e. The maximum Gasteiger partial charge on any atom is 0.335 e. The lowest BCUT2D eigenvalue weighted by Crippen LogP contribution is -1.96. The van der Waals surface area contributed by atoms with Crippen LogP contribution in [0, 0.1) is 0 Å². The summed E-state index contributed by atoms with van der Waals surface area (Å²) in [5, 5.41) is 9.42. The second kappa shape index (κ2) is 4.47. The van der Waals surface area contributed by atoms with Crippen LogP contribution in [0.3, 0.4) is 0 Å². The summed E-state index contributed by atoms with van der Waals surface area (Å²) >= 11 is 6.07. The van der Waals surface area contributed by atoms with Gasteiger partial charge in [0, 0.05) is 11.3 Å². The number of anilines is 1. The molecule has 4 heteroatoms. The van der Waals surface area contributed by atoms with Gasteiger partial charge in [-0.05, 0) is 29.8 Å². The summed E-state index contributed by atoms with van der Waals surface area (Å²) in [6.45, 7) is 0. The quantitative estimate of drug-likeness (QED) is 0.801. The van der Waals surface area contributed by atoms with E-state index in [1.165, 1.54) is 6.07 Å². The number of halogens is 1. The molecule has 0 saturated heterocycles. The minimum absolute atomic E-state index is 0.232. The van der Waals surface area contributed by atoms with Gasteiger partial charge in [-0.1, -0.05) is 29.8 Å². The molecule has 0 aromatic heterocycles. The lowest BCUT2D eigenvalue weighted by atomic mass is 10.0. The summed E-state index contributed by atoms with van der Waals surface area (Å²) in [4.78, 5) is 10.9. The third kappa shape index (κ3) is 2.40. The molecule has 0 heterocycles. The molecule has 3 N–H and O–H groups in total. The molecule has 0 atom stereocenters. The summed E-state index contributed by atoms with van der Waals surface area (Å²) in [6, 6.07) is 11.8. The van der Waals surface area contributed by atoms with E-state index >= 15 is 0 Å². The molecule has 17 heavy (non-hydrogen) atoms. The van der Waals surface area contributed by atoms with Gasteiger partial charge in [0.25, 0.3) is 0 Å². The number of hydrogen-bond donors (Lipinski definition) is 2. The number of carbonyl (C=O) groups is 1. The lowest BCUT2D eigenvalue weighted by molar-refractivity contribution is 0.0697. The maximum absolute atomic E-state index is 10.9. The fourth-order valence-electron chi connectivity index (χ4n) is 1.59. The second-order valence-corrected chi connectivity index (χ2v) is 4.03. The Kier molecular flexibility index (Phi) is 3.02. The van der Waals surface area contributed by atoms with Crippen molar-refractivity contribution < 1.29 is 9.90 Å². The van der Waals surface area contributed by atoms with E-state index in [0.717, 1.165) is 11.1 Å². The Morgan fingerprint density at radius 3 is 2.59 bits per heavy atom. The van der Waals surface area contributed by atoms with E-state index in [1.807, 2.05) is 6.07 Å². The summed E-state index contributed by atoms with van der Waals surface area (Å²) in [6.07, 6.45) is 0. The Morgan fingerprint density at radius 1 is 1.18 bits per heavy atom. The number of rotatable bonds is 2. The van der Waals surface area contributed by atoms with Crippen molar-refractivity contribution in [2.24, 2.45) is 0 Å². The van der Waals surface area contributed by atoms with E-state index < -0.39 is 5.97 Å². The van der Waals surface area contributed by atoms with Crippen molar-refractivity contribution in [1.29, 1.82) is 0 Å². The van der Waals surface area contributed by atoms with Gasteiger partial charge in [0.1, 0.15) is 0 Å². The number of aromatic carboxylic acids is 1. The van der Waals surface area contributed by atoms with Crippen LogP contribution in [0.1, 0.15) is 10.4 Å². The molecular formula is C13H10ClNO2. The van der Waals surface area contributed by atoms with E-state index in [-0.39, 0.29) is 5.56 Å². The molecule has 86 valence electrons. The van der Waals surface area contributed by atoms with Crippen molar-refractivity contribution in [2.75, 3.05) is 5.73 Å². The molecule has 0 saturated carbocycles. The van der Waals surface area contributed by atoms with Crippen molar-refractivity contribution in [1.82, 2.24) is 0 Å². The lowest BCUT2D eigenvalue weighted by Gasteiger charge is -2.06. The molecule has 2 aromatic rings. The first-order valence-electron chi connectivity index (χ1n) is 4.96. The van der Waals surface area contributed by atoms with Gasteiger partial charge in [0.05, 0.1) is 10.6 Å². The van der Waals surface area contributed by atoms with E-state index in [9.17, 15) is 4.79 Å². The SMILES string of the molecule is Nc1ccc(-c2cccc(C(=O)O)c2)c(Cl)c1. The zero-order valence-corrected chi connectivity index (χ0v) is 9.61. The van der Waals surface area contributed by atoms with Gasteiger partial charge >= 0.3 is 5.97 Å². The summed E-state index contributed by atoms with van der Waals surface area (Å²) in [5.41, 5.74) is 7.94. The fraction of sp³-hybridized carbons (Fsp3) is 0. The first-order chi connectivity index (χ1) is 8.08. The molecular weight excluding hydrogens is 238 g/mol. The van der Waals surface area contributed by atoms with Crippen molar-refractivity contribution in [3.05, 3.63) is 53.1 Å². The van der Waals surface area contributed by atoms with Crippen molar-refractivity contribution in [3.8, 4) is 11.1 Å². The minimum Gasteiger partial charge on any atom is -0.478 e. The molecule has 0 aliphatic rings. The van der Waals surface area contributed by atoms with Gasteiger partial charge in [0.2, 0.25) is 0 Å². The van der Waals surface area contributed by atoms with Crippen LogP contribution >= 0.6 is 11.6 Å². The number of carboxylic acids is 1. The molecule has 0 spiro atoms. The molecule has 0 amide bonds. The molecule has 2 aromatic carbocycles. The number of benzene rings is 2. The standard InChI is InChI=1S/C13H10ClNO2/c14-12-7-10(15)4-5-11(12)8-2-1-3-9(6-8)13(16)17/h1-7H,15H2,(H,16,17). The van der Waals surface area contributed by atoms with Gasteiger partial charge < -0.3 is 10.8 Å². The first-order valence-corrected chi connectivity index (χ1v) is 5.34.